The average Bonchev–Trinajstić information content (AvgIpc) is 3.49. The maximum absolute atomic E-state index is 14.3. The van der Waals surface area contributed by atoms with Gasteiger partial charge in [-0.25, -0.2) is 9.69 Å². The lowest BCUT2D eigenvalue weighted by atomic mass is 9.83. The highest BCUT2D eigenvalue weighted by atomic mass is 32.2. The molecular weight excluding hydrogens is 556 g/mol. The van der Waals surface area contributed by atoms with E-state index in [1.807, 2.05) is 12.3 Å². The number of likely N-dealkylation sites (tertiary alicyclic amines) is 1. The van der Waals surface area contributed by atoms with Gasteiger partial charge in [-0.3, -0.25) is 19.8 Å². The van der Waals surface area contributed by atoms with Gasteiger partial charge in [0.1, 0.15) is 11.6 Å². The van der Waals surface area contributed by atoms with Crippen LogP contribution in [-0.2, 0) is 20.9 Å². The third-order valence-corrected chi connectivity index (χ3v) is 10.4. The Morgan fingerprint density at radius 1 is 1.10 bits per heavy atom. The Balaban J connectivity index is 1.55. The second-order valence-corrected chi connectivity index (χ2v) is 14.6. The van der Waals surface area contributed by atoms with E-state index in [0.717, 1.165) is 58.2 Å². The zero-order chi connectivity index (χ0) is 29.4. The van der Waals surface area contributed by atoms with Gasteiger partial charge in [0.2, 0.25) is 5.91 Å². The van der Waals surface area contributed by atoms with Gasteiger partial charge in [0.15, 0.2) is 0 Å². The number of amides is 3. The fourth-order valence-electron chi connectivity index (χ4n) is 6.19. The highest BCUT2D eigenvalue weighted by Crippen LogP contribution is 2.36. The molecule has 0 radical (unpaired) electrons. The number of nitrogens with zero attached hydrogens (tertiary/aromatic N) is 2. The van der Waals surface area contributed by atoms with E-state index in [1.165, 1.54) is 16.9 Å². The van der Waals surface area contributed by atoms with Gasteiger partial charge in [0, 0.05) is 42.6 Å². The minimum absolute atomic E-state index is 0.00151. The molecule has 4 rings (SSSR count). The van der Waals surface area contributed by atoms with Crippen LogP contribution in [0.2, 0.25) is 0 Å². The summed E-state index contributed by atoms with van der Waals surface area (Å²) in [6.45, 7) is 8.05. The summed E-state index contributed by atoms with van der Waals surface area (Å²) >= 11 is 3.23. The average molecular weight is 605 g/mol. The van der Waals surface area contributed by atoms with Crippen LogP contribution < -0.4 is 10.6 Å². The normalized spacial score (nSPS) is 22.6. The number of hydrogen-bond acceptors (Lipinski definition) is 8. The van der Waals surface area contributed by atoms with Crippen molar-refractivity contribution in [1.29, 1.82) is 0 Å². The van der Waals surface area contributed by atoms with Gasteiger partial charge in [-0.1, -0.05) is 49.6 Å². The molecule has 2 N–H and O–H groups in total. The summed E-state index contributed by atoms with van der Waals surface area (Å²) in [7, 11) is 0. The topological polar surface area (TPSA) is 91.0 Å². The summed E-state index contributed by atoms with van der Waals surface area (Å²) in [5.41, 5.74) is 0.496. The van der Waals surface area contributed by atoms with Crippen molar-refractivity contribution in [3.05, 3.63) is 35.9 Å². The highest BCUT2D eigenvalue weighted by molar-refractivity contribution is 7.99. The molecule has 1 aliphatic carbocycles. The fraction of sp³-hybridized carbons (Fsp3) is 0.710. The maximum Gasteiger partial charge on any atom is 0.417 e. The molecule has 1 aromatic rings. The number of carbonyl (C=O) groups excluding carboxylic acids is 3. The van der Waals surface area contributed by atoms with Crippen molar-refractivity contribution in [2.24, 2.45) is 5.92 Å². The Morgan fingerprint density at radius 3 is 2.37 bits per heavy atom. The van der Waals surface area contributed by atoms with Gasteiger partial charge < -0.3 is 10.1 Å². The Kier molecular flexibility index (Phi) is 11.9. The molecule has 2 heterocycles. The molecule has 3 atom stereocenters. The van der Waals surface area contributed by atoms with Gasteiger partial charge in [-0.2, -0.15) is 11.8 Å². The van der Waals surface area contributed by atoms with Crippen LogP contribution in [0.3, 0.4) is 0 Å². The number of nitrogens with one attached hydrogen (secondary N) is 2. The predicted octanol–water partition coefficient (Wildman–Crippen LogP) is 4.87. The fourth-order valence-corrected chi connectivity index (χ4v) is 8.29. The first-order valence-electron chi connectivity index (χ1n) is 15.1. The minimum atomic E-state index is -0.926. The van der Waals surface area contributed by atoms with Crippen molar-refractivity contribution in [1.82, 2.24) is 20.4 Å². The van der Waals surface area contributed by atoms with E-state index in [2.05, 4.69) is 39.8 Å². The van der Waals surface area contributed by atoms with Crippen molar-refractivity contribution in [2.45, 2.75) is 101 Å². The Bertz CT molecular complexity index is 1000. The van der Waals surface area contributed by atoms with E-state index in [0.29, 0.717) is 11.6 Å². The number of imide groups is 1. The summed E-state index contributed by atoms with van der Waals surface area (Å²) in [5.74, 6) is 0.870. The third-order valence-electron chi connectivity index (χ3n) is 8.27. The van der Waals surface area contributed by atoms with Crippen LogP contribution in [-0.4, -0.2) is 87.7 Å². The van der Waals surface area contributed by atoms with Gasteiger partial charge in [0.05, 0.1) is 6.04 Å². The lowest BCUT2D eigenvalue weighted by Gasteiger charge is -2.41. The molecule has 2 unspecified atom stereocenters. The second-order valence-electron chi connectivity index (χ2n) is 12.5. The van der Waals surface area contributed by atoms with E-state index >= 15 is 0 Å². The molecule has 2 aliphatic heterocycles. The molecule has 0 aromatic heterocycles. The molecule has 3 amide bonds. The number of hydrogen-bond donors (Lipinski definition) is 2. The van der Waals surface area contributed by atoms with Crippen molar-refractivity contribution < 1.29 is 19.1 Å². The van der Waals surface area contributed by atoms with Gasteiger partial charge in [-0.15, -0.1) is 11.8 Å². The molecule has 1 saturated carbocycles. The Hall–Kier alpha value is -1.75. The zero-order valence-electron chi connectivity index (χ0n) is 25.1. The monoisotopic (exact) mass is 604 g/mol. The quantitative estimate of drug-likeness (QED) is 0.413. The van der Waals surface area contributed by atoms with E-state index in [1.54, 1.807) is 44.3 Å². The van der Waals surface area contributed by atoms with Crippen LogP contribution in [0.15, 0.2) is 30.3 Å². The van der Waals surface area contributed by atoms with Crippen molar-refractivity contribution in [3.63, 3.8) is 0 Å². The number of piperidine rings is 1. The molecule has 3 aliphatic rings. The SMILES string of the molecule is CSC(C1CCCCC1)[C@@H](C(=O)NC1CCN(Cc2ccccc2)CC1)N(C(=O)OC(C)(C)C)C(=O)C1CSCN1. The first kappa shape index (κ1) is 32.2. The van der Waals surface area contributed by atoms with Crippen molar-refractivity contribution in [2.75, 3.05) is 31.0 Å². The van der Waals surface area contributed by atoms with Crippen molar-refractivity contribution in [3.8, 4) is 0 Å². The predicted molar refractivity (Wildman–Crippen MR) is 168 cm³/mol. The van der Waals surface area contributed by atoms with Crippen LogP contribution >= 0.6 is 23.5 Å². The van der Waals surface area contributed by atoms with Crippen LogP contribution in [0.4, 0.5) is 4.79 Å². The standard InChI is InChI=1S/C31H48N4O4S2/c1-31(2,3)39-30(38)35(29(37)25-20-41-21-32-25)26(27(40-4)23-13-9-6-10-14-23)28(36)33-24-15-17-34(18-16-24)19-22-11-7-5-8-12-22/h5,7-8,11-12,23-27,32H,6,9-10,13-21H2,1-4H3,(H,33,36)/t25?,26-,27?/m0/s1. The molecule has 0 spiro atoms. The summed E-state index contributed by atoms with van der Waals surface area (Å²) in [5, 5.41) is 6.31. The molecule has 10 heteroatoms. The zero-order valence-corrected chi connectivity index (χ0v) is 26.7. The molecule has 228 valence electrons. The summed E-state index contributed by atoms with van der Waals surface area (Å²) in [4.78, 5) is 45.6. The molecular formula is C31H48N4O4S2. The first-order valence-corrected chi connectivity index (χ1v) is 17.6. The van der Waals surface area contributed by atoms with E-state index in [-0.39, 0.29) is 29.0 Å². The van der Waals surface area contributed by atoms with E-state index < -0.39 is 23.8 Å². The third kappa shape index (κ3) is 9.12. The molecule has 2 saturated heterocycles. The molecule has 3 fully saturated rings. The van der Waals surface area contributed by atoms with Crippen LogP contribution in [0.25, 0.3) is 0 Å². The summed E-state index contributed by atoms with van der Waals surface area (Å²) in [6, 6.07) is 9.01. The van der Waals surface area contributed by atoms with Gasteiger partial charge >= 0.3 is 6.09 Å². The van der Waals surface area contributed by atoms with Crippen LogP contribution in [0, 0.1) is 5.92 Å². The number of carbonyl (C=O) groups is 3. The minimum Gasteiger partial charge on any atom is -0.443 e. The Labute approximate surface area is 254 Å². The first-order chi connectivity index (χ1) is 19.7. The van der Waals surface area contributed by atoms with Crippen LogP contribution in [0.5, 0.6) is 0 Å². The number of benzene rings is 1. The van der Waals surface area contributed by atoms with Gasteiger partial charge in [0.25, 0.3) is 5.91 Å². The number of ether oxygens (including phenoxy) is 1. The highest BCUT2D eigenvalue weighted by Gasteiger charge is 2.47. The maximum atomic E-state index is 14.3. The van der Waals surface area contributed by atoms with Crippen molar-refractivity contribution >= 4 is 41.4 Å². The molecule has 1 aromatic carbocycles. The second kappa shape index (κ2) is 15.1. The molecule has 0 bridgehead atoms. The van der Waals surface area contributed by atoms with Crippen LogP contribution in [0.1, 0.15) is 71.3 Å². The van der Waals surface area contributed by atoms with E-state index in [9.17, 15) is 14.4 Å². The summed E-state index contributed by atoms with van der Waals surface area (Å²) in [6.07, 6.45) is 8.35. The molecule has 8 nitrogen and oxygen atoms in total. The number of rotatable bonds is 9. The smallest absolute Gasteiger partial charge is 0.417 e. The Morgan fingerprint density at radius 2 is 1.78 bits per heavy atom. The van der Waals surface area contributed by atoms with E-state index in [4.69, 9.17) is 4.74 Å². The largest absolute Gasteiger partial charge is 0.443 e. The number of thioether (sulfide) groups is 2. The van der Waals surface area contributed by atoms with Gasteiger partial charge in [-0.05, 0) is 64.2 Å². The molecule has 41 heavy (non-hydrogen) atoms. The lowest BCUT2D eigenvalue weighted by molar-refractivity contribution is -0.141. The summed E-state index contributed by atoms with van der Waals surface area (Å²) < 4.78 is 5.79. The lowest BCUT2D eigenvalue weighted by Crippen LogP contribution is -2.63.